The first-order valence-electron chi connectivity index (χ1n) is 5.58. The standard InChI is InChI=1S/C12H16F3NO2/c13-12(14,15)9-17-7-8-18-11-4-2-1-3-10(11)5-6-16/h1-4H,5-9,16H2. The average molecular weight is 263 g/mol. The number of nitrogens with two attached hydrogens (primary N) is 1. The predicted molar refractivity (Wildman–Crippen MR) is 61.6 cm³/mol. The molecule has 0 aliphatic heterocycles. The van der Waals surface area contributed by atoms with Gasteiger partial charge in [-0.05, 0) is 24.6 Å². The van der Waals surface area contributed by atoms with Crippen molar-refractivity contribution in [3.8, 4) is 5.75 Å². The third kappa shape index (κ3) is 5.88. The van der Waals surface area contributed by atoms with Crippen LogP contribution >= 0.6 is 0 Å². The minimum Gasteiger partial charge on any atom is -0.491 e. The third-order valence-electron chi connectivity index (χ3n) is 2.14. The van der Waals surface area contributed by atoms with E-state index in [0.717, 1.165) is 5.56 Å². The molecule has 0 amide bonds. The molecule has 1 rings (SSSR count). The largest absolute Gasteiger partial charge is 0.491 e. The molecule has 0 aliphatic rings. The minimum absolute atomic E-state index is 0.0810. The van der Waals surface area contributed by atoms with E-state index in [9.17, 15) is 13.2 Å². The number of rotatable bonds is 7. The van der Waals surface area contributed by atoms with Gasteiger partial charge in [-0.3, -0.25) is 0 Å². The first kappa shape index (κ1) is 14.8. The summed E-state index contributed by atoms with van der Waals surface area (Å²) in [6.45, 7) is -0.778. The molecule has 102 valence electrons. The first-order valence-corrected chi connectivity index (χ1v) is 5.58. The average Bonchev–Trinajstić information content (AvgIpc) is 2.29. The molecule has 1 aromatic rings. The summed E-state index contributed by atoms with van der Waals surface area (Å²) < 4.78 is 45.2. The number of ether oxygens (including phenoxy) is 2. The number of para-hydroxylation sites is 1. The van der Waals surface area contributed by atoms with Crippen molar-refractivity contribution in [1.82, 2.24) is 0 Å². The molecule has 0 spiro atoms. The second-order valence-electron chi connectivity index (χ2n) is 3.66. The molecule has 0 saturated heterocycles. The molecule has 0 atom stereocenters. The smallest absolute Gasteiger partial charge is 0.411 e. The fourth-order valence-electron chi connectivity index (χ4n) is 1.41. The molecule has 0 fully saturated rings. The fourth-order valence-corrected chi connectivity index (χ4v) is 1.41. The van der Waals surface area contributed by atoms with Crippen molar-refractivity contribution in [3.63, 3.8) is 0 Å². The number of hydrogen-bond acceptors (Lipinski definition) is 3. The SMILES string of the molecule is NCCc1ccccc1OCCOCC(F)(F)F. The molecule has 0 saturated carbocycles. The Kier molecular flexibility index (Phi) is 5.94. The van der Waals surface area contributed by atoms with Crippen LogP contribution in [-0.2, 0) is 11.2 Å². The van der Waals surface area contributed by atoms with Gasteiger partial charge in [0, 0.05) is 0 Å². The summed E-state index contributed by atoms with van der Waals surface area (Å²) in [7, 11) is 0. The molecule has 0 aliphatic carbocycles. The normalized spacial score (nSPS) is 11.6. The van der Waals surface area contributed by atoms with Crippen LogP contribution < -0.4 is 10.5 Å². The van der Waals surface area contributed by atoms with E-state index in [1.54, 1.807) is 12.1 Å². The van der Waals surface area contributed by atoms with E-state index in [-0.39, 0.29) is 13.2 Å². The quantitative estimate of drug-likeness (QED) is 0.767. The van der Waals surface area contributed by atoms with Crippen molar-refractivity contribution in [2.45, 2.75) is 12.6 Å². The zero-order chi connectivity index (χ0) is 13.4. The van der Waals surface area contributed by atoms with Crippen molar-refractivity contribution in [1.29, 1.82) is 0 Å². The maximum absolute atomic E-state index is 11.8. The van der Waals surface area contributed by atoms with E-state index in [1.807, 2.05) is 12.1 Å². The number of halogens is 3. The van der Waals surface area contributed by atoms with Crippen molar-refractivity contribution in [2.24, 2.45) is 5.73 Å². The van der Waals surface area contributed by atoms with Gasteiger partial charge in [0.1, 0.15) is 19.0 Å². The van der Waals surface area contributed by atoms with Crippen molar-refractivity contribution in [3.05, 3.63) is 29.8 Å². The number of hydrogen-bond donors (Lipinski definition) is 1. The molecule has 0 heterocycles. The molecule has 0 aromatic heterocycles. The Labute approximate surface area is 104 Å². The molecule has 18 heavy (non-hydrogen) atoms. The zero-order valence-electron chi connectivity index (χ0n) is 9.87. The van der Waals surface area contributed by atoms with Crippen LogP contribution in [0, 0.1) is 0 Å². The minimum atomic E-state index is -4.29. The van der Waals surface area contributed by atoms with E-state index < -0.39 is 12.8 Å². The molecule has 6 heteroatoms. The predicted octanol–water partition coefficient (Wildman–Crippen LogP) is 2.15. The molecule has 1 aromatic carbocycles. The first-order chi connectivity index (χ1) is 8.53. The summed E-state index contributed by atoms with van der Waals surface area (Å²) in [5.74, 6) is 0.638. The number of benzene rings is 1. The highest BCUT2D eigenvalue weighted by Gasteiger charge is 2.27. The third-order valence-corrected chi connectivity index (χ3v) is 2.14. The summed E-state index contributed by atoms with van der Waals surface area (Å²) in [6.07, 6.45) is -3.63. The zero-order valence-corrected chi connectivity index (χ0v) is 9.87. The Balaban J connectivity index is 2.31. The molecular formula is C12H16F3NO2. The molecular weight excluding hydrogens is 247 g/mol. The lowest BCUT2D eigenvalue weighted by Crippen LogP contribution is -2.19. The Hall–Kier alpha value is -1.27. The van der Waals surface area contributed by atoms with E-state index in [1.165, 1.54) is 0 Å². The van der Waals surface area contributed by atoms with E-state index in [2.05, 4.69) is 4.74 Å². The van der Waals surface area contributed by atoms with Gasteiger partial charge in [-0.15, -0.1) is 0 Å². The van der Waals surface area contributed by atoms with Crippen molar-refractivity contribution in [2.75, 3.05) is 26.4 Å². The van der Waals surface area contributed by atoms with Gasteiger partial charge in [0.15, 0.2) is 0 Å². The van der Waals surface area contributed by atoms with Crippen LogP contribution in [0.15, 0.2) is 24.3 Å². The topological polar surface area (TPSA) is 44.5 Å². The van der Waals surface area contributed by atoms with Crippen LogP contribution in [0.2, 0.25) is 0 Å². The van der Waals surface area contributed by atoms with Gasteiger partial charge in [-0.1, -0.05) is 18.2 Å². The van der Waals surface area contributed by atoms with Gasteiger partial charge in [-0.25, -0.2) is 0 Å². The summed E-state index contributed by atoms with van der Waals surface area (Å²) in [6, 6.07) is 7.29. The Morgan fingerprint density at radius 3 is 2.50 bits per heavy atom. The van der Waals surface area contributed by atoms with E-state index >= 15 is 0 Å². The molecule has 0 unspecified atom stereocenters. The van der Waals surface area contributed by atoms with Crippen LogP contribution in [0.25, 0.3) is 0 Å². The maximum atomic E-state index is 11.8. The summed E-state index contributed by atoms with van der Waals surface area (Å²) in [4.78, 5) is 0. The van der Waals surface area contributed by atoms with Gasteiger partial charge in [0.05, 0.1) is 6.61 Å². The Morgan fingerprint density at radius 1 is 1.11 bits per heavy atom. The van der Waals surface area contributed by atoms with Gasteiger partial charge >= 0.3 is 6.18 Å². The number of alkyl halides is 3. The second-order valence-corrected chi connectivity index (χ2v) is 3.66. The lowest BCUT2D eigenvalue weighted by atomic mass is 10.1. The van der Waals surface area contributed by atoms with E-state index in [4.69, 9.17) is 10.5 Å². The lowest BCUT2D eigenvalue weighted by Gasteiger charge is -2.11. The molecule has 3 nitrogen and oxygen atoms in total. The Bertz CT molecular complexity index is 355. The Morgan fingerprint density at radius 2 is 1.83 bits per heavy atom. The van der Waals surface area contributed by atoms with Gasteiger partial charge in [0.25, 0.3) is 0 Å². The summed E-state index contributed by atoms with van der Waals surface area (Å²) >= 11 is 0. The van der Waals surface area contributed by atoms with Gasteiger partial charge in [-0.2, -0.15) is 13.2 Å². The van der Waals surface area contributed by atoms with Gasteiger partial charge in [0.2, 0.25) is 0 Å². The summed E-state index contributed by atoms with van der Waals surface area (Å²) in [5.41, 5.74) is 6.39. The van der Waals surface area contributed by atoms with Crippen molar-refractivity contribution >= 4 is 0 Å². The second kappa shape index (κ2) is 7.23. The highest BCUT2D eigenvalue weighted by atomic mass is 19.4. The van der Waals surface area contributed by atoms with Crippen LogP contribution in [0.1, 0.15) is 5.56 Å². The van der Waals surface area contributed by atoms with Crippen LogP contribution in [0.3, 0.4) is 0 Å². The molecule has 0 bridgehead atoms. The lowest BCUT2D eigenvalue weighted by molar-refractivity contribution is -0.175. The molecule has 0 radical (unpaired) electrons. The van der Waals surface area contributed by atoms with E-state index in [0.29, 0.717) is 18.7 Å². The molecule has 2 N–H and O–H groups in total. The van der Waals surface area contributed by atoms with Crippen LogP contribution in [0.4, 0.5) is 13.2 Å². The fraction of sp³-hybridized carbons (Fsp3) is 0.500. The monoisotopic (exact) mass is 263 g/mol. The van der Waals surface area contributed by atoms with Crippen LogP contribution in [-0.4, -0.2) is 32.5 Å². The summed E-state index contributed by atoms with van der Waals surface area (Å²) in [5, 5.41) is 0. The van der Waals surface area contributed by atoms with Gasteiger partial charge < -0.3 is 15.2 Å². The van der Waals surface area contributed by atoms with Crippen LogP contribution in [0.5, 0.6) is 5.75 Å². The highest BCUT2D eigenvalue weighted by molar-refractivity contribution is 5.33. The highest BCUT2D eigenvalue weighted by Crippen LogP contribution is 2.18. The van der Waals surface area contributed by atoms with Crippen molar-refractivity contribution < 1.29 is 22.6 Å². The maximum Gasteiger partial charge on any atom is 0.411 e.